The molecule has 0 aliphatic rings. The van der Waals surface area contributed by atoms with E-state index in [-0.39, 0.29) is 5.57 Å². The summed E-state index contributed by atoms with van der Waals surface area (Å²) in [5.74, 6) is 0.758. The molecule has 0 fully saturated rings. The summed E-state index contributed by atoms with van der Waals surface area (Å²) in [6.07, 6.45) is 1.58. The number of benzene rings is 4. The van der Waals surface area contributed by atoms with E-state index in [1.54, 1.807) is 37.5 Å². The van der Waals surface area contributed by atoms with E-state index in [1.807, 2.05) is 66.7 Å². The molecule has 0 aliphatic carbocycles. The molecule has 0 saturated heterocycles. The maximum absolute atomic E-state index is 12.9. The molecule has 1 N–H and O–H groups in total. The highest BCUT2D eigenvalue weighted by atomic mass is 79.9. The summed E-state index contributed by atoms with van der Waals surface area (Å²) in [5.41, 5.74) is 2.20. The van der Waals surface area contributed by atoms with Crippen molar-refractivity contribution in [2.24, 2.45) is 0 Å². The van der Waals surface area contributed by atoms with Crippen LogP contribution in [-0.2, 0) is 11.4 Å². The number of rotatable bonds is 7. The van der Waals surface area contributed by atoms with Gasteiger partial charge in [0.15, 0.2) is 0 Å². The second kappa shape index (κ2) is 10.7. The van der Waals surface area contributed by atoms with Crippen LogP contribution in [0.25, 0.3) is 16.8 Å². The summed E-state index contributed by atoms with van der Waals surface area (Å²) in [5, 5.41) is 14.4. The number of carbonyl (C=O) groups is 1. The zero-order valence-corrected chi connectivity index (χ0v) is 20.0. The Balaban J connectivity index is 1.68. The smallest absolute Gasteiger partial charge is 0.266 e. The van der Waals surface area contributed by atoms with Crippen LogP contribution in [0.4, 0.5) is 5.69 Å². The lowest BCUT2D eigenvalue weighted by molar-refractivity contribution is -0.112. The number of nitrogens with zero attached hydrogens (tertiary/aromatic N) is 1. The predicted octanol–water partition coefficient (Wildman–Crippen LogP) is 6.74. The monoisotopic (exact) mass is 512 g/mol. The van der Waals surface area contributed by atoms with Crippen LogP contribution in [0, 0.1) is 11.3 Å². The standard InChI is InChI=1S/C28H21BrN2O3/c1-33-23-13-11-22(12-14-23)31-28(32)21(17-30)16-25-24-8-4-2-6-19(24)10-15-27(25)34-18-20-7-3-5-9-26(20)29/h2-16H,18H2,1H3,(H,31,32)/b21-16+. The fourth-order valence-corrected chi connectivity index (χ4v) is 3.89. The van der Waals surface area contributed by atoms with Gasteiger partial charge in [0.1, 0.15) is 29.7 Å². The van der Waals surface area contributed by atoms with Crippen molar-refractivity contribution < 1.29 is 14.3 Å². The van der Waals surface area contributed by atoms with Gasteiger partial charge in [-0.3, -0.25) is 4.79 Å². The van der Waals surface area contributed by atoms with Crippen molar-refractivity contribution in [2.45, 2.75) is 6.61 Å². The number of ether oxygens (including phenoxy) is 2. The zero-order valence-electron chi connectivity index (χ0n) is 18.4. The third-order valence-corrected chi connectivity index (χ3v) is 6.05. The first-order valence-corrected chi connectivity index (χ1v) is 11.3. The Hall–Kier alpha value is -4.08. The van der Waals surface area contributed by atoms with Gasteiger partial charge in [0.25, 0.3) is 5.91 Å². The van der Waals surface area contributed by atoms with Crippen LogP contribution < -0.4 is 14.8 Å². The minimum atomic E-state index is -0.502. The molecule has 34 heavy (non-hydrogen) atoms. The van der Waals surface area contributed by atoms with Crippen LogP contribution in [0.1, 0.15) is 11.1 Å². The minimum absolute atomic E-state index is 0.0297. The van der Waals surface area contributed by atoms with Gasteiger partial charge in [-0.25, -0.2) is 0 Å². The second-order valence-electron chi connectivity index (χ2n) is 7.43. The normalized spacial score (nSPS) is 11.0. The molecule has 0 radical (unpaired) electrons. The van der Waals surface area contributed by atoms with E-state index in [4.69, 9.17) is 9.47 Å². The van der Waals surface area contributed by atoms with Gasteiger partial charge >= 0.3 is 0 Å². The molecular formula is C28H21BrN2O3. The summed E-state index contributed by atoms with van der Waals surface area (Å²) >= 11 is 3.54. The van der Waals surface area contributed by atoms with Gasteiger partial charge in [-0.1, -0.05) is 64.5 Å². The number of hydrogen-bond donors (Lipinski definition) is 1. The Kier molecular flexibility index (Phi) is 7.26. The van der Waals surface area contributed by atoms with Crippen LogP contribution in [0.5, 0.6) is 11.5 Å². The van der Waals surface area contributed by atoms with Crippen molar-refractivity contribution in [1.29, 1.82) is 5.26 Å². The molecule has 6 heteroatoms. The first-order chi connectivity index (χ1) is 16.6. The number of fused-ring (bicyclic) bond motifs is 1. The topological polar surface area (TPSA) is 71.3 Å². The third kappa shape index (κ3) is 5.28. The maximum Gasteiger partial charge on any atom is 0.266 e. The number of amides is 1. The molecule has 0 saturated carbocycles. The maximum atomic E-state index is 12.9. The molecule has 0 atom stereocenters. The number of anilines is 1. The second-order valence-corrected chi connectivity index (χ2v) is 8.29. The first kappa shape index (κ1) is 23.1. The van der Waals surface area contributed by atoms with Gasteiger partial charge in [-0.2, -0.15) is 5.26 Å². The summed E-state index contributed by atoms with van der Waals surface area (Å²) < 4.78 is 12.2. The van der Waals surface area contributed by atoms with E-state index >= 15 is 0 Å². The predicted molar refractivity (Wildman–Crippen MR) is 138 cm³/mol. The van der Waals surface area contributed by atoms with Gasteiger partial charge in [0.05, 0.1) is 7.11 Å². The van der Waals surface area contributed by atoms with Crippen molar-refractivity contribution in [3.05, 3.63) is 106 Å². The Morgan fingerprint density at radius 2 is 1.74 bits per heavy atom. The average Bonchev–Trinajstić information content (AvgIpc) is 2.87. The molecule has 0 aromatic heterocycles. The molecule has 5 nitrogen and oxygen atoms in total. The fourth-order valence-electron chi connectivity index (χ4n) is 3.49. The SMILES string of the molecule is COc1ccc(NC(=O)/C(C#N)=C/c2c(OCc3ccccc3Br)ccc3ccccc23)cc1. The summed E-state index contributed by atoms with van der Waals surface area (Å²) in [6, 6.07) is 28.4. The Morgan fingerprint density at radius 1 is 1.00 bits per heavy atom. The Morgan fingerprint density at radius 3 is 2.47 bits per heavy atom. The zero-order chi connectivity index (χ0) is 23.9. The van der Waals surface area contributed by atoms with Crippen LogP contribution in [0.15, 0.2) is 95.0 Å². The highest BCUT2D eigenvalue weighted by molar-refractivity contribution is 9.10. The minimum Gasteiger partial charge on any atom is -0.497 e. The largest absolute Gasteiger partial charge is 0.497 e. The lowest BCUT2D eigenvalue weighted by Crippen LogP contribution is -2.13. The summed E-state index contributed by atoms with van der Waals surface area (Å²) in [4.78, 5) is 12.9. The van der Waals surface area contributed by atoms with Crippen molar-refractivity contribution in [3.8, 4) is 17.6 Å². The summed E-state index contributed by atoms with van der Waals surface area (Å²) in [7, 11) is 1.57. The van der Waals surface area contributed by atoms with E-state index in [1.165, 1.54) is 0 Å². The van der Waals surface area contributed by atoms with E-state index in [0.717, 1.165) is 20.8 Å². The number of nitrogens with one attached hydrogen (secondary N) is 1. The molecule has 1 amide bonds. The number of carbonyl (C=O) groups excluding carboxylic acids is 1. The number of hydrogen-bond acceptors (Lipinski definition) is 4. The lowest BCUT2D eigenvalue weighted by Gasteiger charge is -2.13. The number of nitriles is 1. The first-order valence-electron chi connectivity index (χ1n) is 10.5. The number of methoxy groups -OCH3 is 1. The molecule has 0 spiro atoms. The van der Waals surface area contributed by atoms with Crippen LogP contribution in [0.2, 0.25) is 0 Å². The Labute approximate surface area is 206 Å². The van der Waals surface area contributed by atoms with Gasteiger partial charge in [-0.15, -0.1) is 0 Å². The highest BCUT2D eigenvalue weighted by Gasteiger charge is 2.14. The van der Waals surface area contributed by atoms with E-state index in [0.29, 0.717) is 29.4 Å². The highest BCUT2D eigenvalue weighted by Crippen LogP contribution is 2.31. The van der Waals surface area contributed by atoms with Gasteiger partial charge in [-0.05, 0) is 53.2 Å². The fraction of sp³-hybridized carbons (Fsp3) is 0.0714. The summed E-state index contributed by atoms with van der Waals surface area (Å²) in [6.45, 7) is 0.334. The van der Waals surface area contributed by atoms with Crippen LogP contribution in [0.3, 0.4) is 0 Å². The molecular weight excluding hydrogens is 492 g/mol. The van der Waals surface area contributed by atoms with Crippen molar-refractivity contribution in [2.75, 3.05) is 12.4 Å². The third-order valence-electron chi connectivity index (χ3n) is 5.27. The average molecular weight is 513 g/mol. The van der Waals surface area contributed by atoms with E-state index in [9.17, 15) is 10.1 Å². The Bertz CT molecular complexity index is 1410. The van der Waals surface area contributed by atoms with Crippen LogP contribution in [-0.4, -0.2) is 13.0 Å². The molecule has 168 valence electrons. The van der Waals surface area contributed by atoms with E-state index < -0.39 is 5.91 Å². The quantitative estimate of drug-likeness (QED) is 0.220. The van der Waals surface area contributed by atoms with Crippen molar-refractivity contribution in [3.63, 3.8) is 0 Å². The lowest BCUT2D eigenvalue weighted by atomic mass is 10.0. The molecule has 0 unspecified atom stereocenters. The number of halogens is 1. The molecule has 0 aliphatic heterocycles. The van der Waals surface area contributed by atoms with Crippen molar-refractivity contribution in [1.82, 2.24) is 0 Å². The van der Waals surface area contributed by atoms with Gasteiger partial charge in [0, 0.05) is 21.3 Å². The van der Waals surface area contributed by atoms with Gasteiger partial charge < -0.3 is 14.8 Å². The molecule has 4 aromatic rings. The molecule has 4 aromatic carbocycles. The van der Waals surface area contributed by atoms with Gasteiger partial charge in [0.2, 0.25) is 0 Å². The van der Waals surface area contributed by atoms with Crippen molar-refractivity contribution >= 4 is 44.4 Å². The van der Waals surface area contributed by atoms with Crippen LogP contribution >= 0.6 is 15.9 Å². The van der Waals surface area contributed by atoms with E-state index in [2.05, 4.69) is 21.2 Å². The molecule has 0 heterocycles. The molecule has 0 bridgehead atoms. The molecule has 4 rings (SSSR count).